The van der Waals surface area contributed by atoms with Gasteiger partial charge < -0.3 is 4.74 Å². The molecular formula is C9H8Cl2O. The second-order valence-electron chi connectivity index (χ2n) is 2.87. The van der Waals surface area contributed by atoms with Crippen LogP contribution in [0.4, 0.5) is 0 Å². The summed E-state index contributed by atoms with van der Waals surface area (Å²) in [7, 11) is 0. The second kappa shape index (κ2) is 3.15. The smallest absolute Gasteiger partial charge is 0.156 e. The molecule has 1 aromatic carbocycles. The third kappa shape index (κ3) is 1.67. The maximum atomic E-state index is 5.89. The molecule has 2 rings (SSSR count). The van der Waals surface area contributed by atoms with Crippen molar-refractivity contribution in [1.82, 2.24) is 0 Å². The molecule has 12 heavy (non-hydrogen) atoms. The molecule has 0 amide bonds. The Morgan fingerprint density at radius 2 is 1.75 bits per heavy atom. The van der Waals surface area contributed by atoms with Gasteiger partial charge in [-0.1, -0.05) is 29.3 Å². The fourth-order valence-corrected chi connectivity index (χ4v) is 1.43. The Labute approximate surface area is 81.2 Å². The van der Waals surface area contributed by atoms with Crippen molar-refractivity contribution in [3.05, 3.63) is 28.2 Å². The first kappa shape index (κ1) is 8.21. The van der Waals surface area contributed by atoms with Crippen molar-refractivity contribution in [3.8, 4) is 5.75 Å². The molecular weight excluding hydrogens is 195 g/mol. The molecule has 0 unspecified atom stereocenters. The van der Waals surface area contributed by atoms with Crippen LogP contribution < -0.4 is 4.74 Å². The van der Waals surface area contributed by atoms with Crippen LogP contribution in [0.1, 0.15) is 12.8 Å². The Hall–Kier alpha value is -0.400. The molecule has 1 nitrogen and oxygen atoms in total. The highest BCUT2D eigenvalue weighted by molar-refractivity contribution is 6.37. The van der Waals surface area contributed by atoms with E-state index in [1.807, 2.05) is 6.07 Å². The summed E-state index contributed by atoms with van der Waals surface area (Å²) in [6.45, 7) is 0. The number of hydrogen-bond donors (Lipinski definition) is 0. The van der Waals surface area contributed by atoms with Crippen molar-refractivity contribution >= 4 is 23.2 Å². The third-order valence-corrected chi connectivity index (χ3v) is 2.32. The molecule has 3 heteroatoms. The summed E-state index contributed by atoms with van der Waals surface area (Å²) in [6.07, 6.45) is 2.56. The number of benzene rings is 1. The lowest BCUT2D eigenvalue weighted by atomic mass is 10.3. The van der Waals surface area contributed by atoms with Gasteiger partial charge in [-0.3, -0.25) is 0 Å². The molecule has 64 valence electrons. The van der Waals surface area contributed by atoms with Crippen molar-refractivity contribution in [3.63, 3.8) is 0 Å². The average molecular weight is 203 g/mol. The molecule has 0 atom stereocenters. The Morgan fingerprint density at radius 1 is 1.17 bits per heavy atom. The van der Waals surface area contributed by atoms with Crippen LogP contribution in [0, 0.1) is 0 Å². The molecule has 0 saturated heterocycles. The van der Waals surface area contributed by atoms with Gasteiger partial charge in [-0.05, 0) is 25.0 Å². The number of ether oxygens (including phenoxy) is 1. The van der Waals surface area contributed by atoms with Crippen LogP contribution in [0.2, 0.25) is 10.0 Å². The monoisotopic (exact) mass is 202 g/mol. The van der Waals surface area contributed by atoms with Crippen molar-refractivity contribution in [2.24, 2.45) is 0 Å². The number of rotatable bonds is 2. The Balaban J connectivity index is 2.26. The van der Waals surface area contributed by atoms with Crippen LogP contribution in [0.3, 0.4) is 0 Å². The van der Waals surface area contributed by atoms with Crippen LogP contribution in [-0.2, 0) is 0 Å². The van der Waals surface area contributed by atoms with E-state index in [1.54, 1.807) is 12.1 Å². The fraction of sp³-hybridized carbons (Fsp3) is 0.333. The highest BCUT2D eigenvalue weighted by Gasteiger charge is 2.25. The van der Waals surface area contributed by atoms with E-state index >= 15 is 0 Å². The Bertz CT molecular complexity index is 274. The standard InChI is InChI=1S/C9H8Cl2O/c10-7-2-1-3-8(11)9(7)12-6-4-5-6/h1-3,6H,4-5H2. The SMILES string of the molecule is Clc1cccc(Cl)c1OC1CC1. The van der Waals surface area contributed by atoms with E-state index < -0.39 is 0 Å². The van der Waals surface area contributed by atoms with E-state index in [0.717, 1.165) is 12.8 Å². The zero-order chi connectivity index (χ0) is 8.55. The minimum absolute atomic E-state index is 0.336. The Morgan fingerprint density at radius 3 is 2.25 bits per heavy atom. The van der Waals surface area contributed by atoms with Crippen LogP contribution in [-0.4, -0.2) is 6.10 Å². The van der Waals surface area contributed by atoms with E-state index in [-0.39, 0.29) is 0 Å². The van der Waals surface area contributed by atoms with Crippen LogP contribution in [0.15, 0.2) is 18.2 Å². The minimum Gasteiger partial charge on any atom is -0.487 e. The number of hydrogen-bond acceptors (Lipinski definition) is 1. The van der Waals surface area contributed by atoms with E-state index in [1.165, 1.54) is 0 Å². The molecule has 0 bridgehead atoms. The van der Waals surface area contributed by atoms with Gasteiger partial charge >= 0.3 is 0 Å². The fourth-order valence-electron chi connectivity index (χ4n) is 0.948. The summed E-state index contributed by atoms with van der Waals surface area (Å²) < 4.78 is 5.52. The van der Waals surface area contributed by atoms with Crippen molar-refractivity contribution < 1.29 is 4.74 Å². The first-order valence-corrected chi connectivity index (χ1v) is 4.63. The van der Waals surface area contributed by atoms with Crippen molar-refractivity contribution in [1.29, 1.82) is 0 Å². The predicted octanol–water partition coefficient (Wildman–Crippen LogP) is 3.53. The zero-order valence-corrected chi connectivity index (χ0v) is 7.90. The number of halogens is 2. The highest BCUT2D eigenvalue weighted by Crippen LogP contribution is 2.36. The summed E-state index contributed by atoms with van der Waals surface area (Å²) in [4.78, 5) is 0. The van der Waals surface area contributed by atoms with Gasteiger partial charge in [0.05, 0.1) is 16.1 Å². The third-order valence-electron chi connectivity index (χ3n) is 1.73. The van der Waals surface area contributed by atoms with Crippen molar-refractivity contribution in [2.45, 2.75) is 18.9 Å². The van der Waals surface area contributed by atoms with E-state index in [2.05, 4.69) is 0 Å². The Kier molecular flexibility index (Phi) is 2.16. The summed E-state index contributed by atoms with van der Waals surface area (Å²) in [5.41, 5.74) is 0. The summed E-state index contributed by atoms with van der Waals surface area (Å²) in [6, 6.07) is 5.38. The summed E-state index contributed by atoms with van der Waals surface area (Å²) in [5, 5.41) is 1.18. The highest BCUT2D eigenvalue weighted by atomic mass is 35.5. The van der Waals surface area contributed by atoms with Gasteiger partial charge in [0.1, 0.15) is 0 Å². The van der Waals surface area contributed by atoms with Gasteiger partial charge in [-0.15, -0.1) is 0 Å². The van der Waals surface area contributed by atoms with E-state index in [0.29, 0.717) is 21.9 Å². The van der Waals surface area contributed by atoms with E-state index in [9.17, 15) is 0 Å². The van der Waals surface area contributed by atoms with Crippen LogP contribution in [0.5, 0.6) is 5.75 Å². The maximum Gasteiger partial charge on any atom is 0.156 e. The summed E-state index contributed by atoms with van der Waals surface area (Å²) >= 11 is 11.8. The zero-order valence-electron chi connectivity index (χ0n) is 6.39. The second-order valence-corrected chi connectivity index (χ2v) is 3.68. The molecule has 1 aromatic rings. The van der Waals surface area contributed by atoms with Gasteiger partial charge in [0.2, 0.25) is 0 Å². The minimum atomic E-state index is 0.336. The first-order valence-electron chi connectivity index (χ1n) is 3.88. The number of para-hydroxylation sites is 1. The lowest BCUT2D eigenvalue weighted by Gasteiger charge is -2.07. The molecule has 0 radical (unpaired) electrons. The molecule has 0 aromatic heterocycles. The summed E-state index contributed by atoms with van der Waals surface area (Å²) in [5.74, 6) is 0.628. The van der Waals surface area contributed by atoms with Crippen LogP contribution in [0.25, 0.3) is 0 Å². The van der Waals surface area contributed by atoms with Crippen LogP contribution >= 0.6 is 23.2 Å². The normalized spacial score (nSPS) is 16.2. The van der Waals surface area contributed by atoms with Gasteiger partial charge in [0, 0.05) is 0 Å². The topological polar surface area (TPSA) is 9.23 Å². The quantitative estimate of drug-likeness (QED) is 0.714. The molecule has 0 N–H and O–H groups in total. The molecule has 1 aliphatic carbocycles. The largest absolute Gasteiger partial charge is 0.487 e. The molecule has 1 aliphatic rings. The van der Waals surface area contributed by atoms with Gasteiger partial charge in [-0.2, -0.15) is 0 Å². The molecule has 0 spiro atoms. The lowest BCUT2D eigenvalue weighted by Crippen LogP contribution is -1.96. The average Bonchev–Trinajstić information content (AvgIpc) is 2.80. The van der Waals surface area contributed by atoms with Gasteiger partial charge in [0.25, 0.3) is 0 Å². The molecule has 0 heterocycles. The van der Waals surface area contributed by atoms with Gasteiger partial charge in [0.15, 0.2) is 5.75 Å². The van der Waals surface area contributed by atoms with Gasteiger partial charge in [-0.25, -0.2) is 0 Å². The maximum absolute atomic E-state index is 5.89. The molecule has 1 fully saturated rings. The van der Waals surface area contributed by atoms with E-state index in [4.69, 9.17) is 27.9 Å². The lowest BCUT2D eigenvalue weighted by molar-refractivity contribution is 0.303. The van der Waals surface area contributed by atoms with Crippen molar-refractivity contribution in [2.75, 3.05) is 0 Å². The predicted molar refractivity (Wildman–Crippen MR) is 50.1 cm³/mol. The first-order chi connectivity index (χ1) is 5.77. The molecule has 1 saturated carbocycles. The molecule has 0 aliphatic heterocycles.